The molecule has 5 atom stereocenters. The molecule has 0 radical (unpaired) electrons. The summed E-state index contributed by atoms with van der Waals surface area (Å²) in [6.45, 7) is 5.67. The molecule has 2 aliphatic carbocycles. The van der Waals surface area contributed by atoms with Crippen LogP contribution in [0.5, 0.6) is 11.5 Å². The molecule has 5 heterocycles. The van der Waals surface area contributed by atoms with E-state index >= 15 is 0 Å². The Labute approximate surface area is 386 Å². The van der Waals surface area contributed by atoms with Gasteiger partial charge in [-0.25, -0.2) is 18.4 Å². The van der Waals surface area contributed by atoms with E-state index in [0.717, 1.165) is 12.0 Å². The van der Waals surface area contributed by atoms with Crippen molar-refractivity contribution < 1.29 is 50.2 Å². The Bertz CT molecular complexity index is 2490. The number of anilines is 1. The van der Waals surface area contributed by atoms with E-state index in [1.807, 2.05) is 44.4 Å². The quantitative estimate of drug-likeness (QED) is 0.175. The molecule has 0 unspecified atom stereocenters. The highest BCUT2D eigenvalue weighted by Gasteiger charge is 2.62. The highest BCUT2D eigenvalue weighted by Crippen LogP contribution is 2.46. The number of aryl methyl sites for hydroxylation is 1. The number of likely N-dealkylation sites (tertiary alicyclic amines) is 1. The summed E-state index contributed by atoms with van der Waals surface area (Å²) in [5.41, 5.74) is 0.881. The number of nitrogens with one attached hydrogen (secondary N) is 3. The third kappa shape index (κ3) is 10.3. The van der Waals surface area contributed by atoms with E-state index in [1.54, 1.807) is 19.2 Å². The number of carbonyl (C=O) groups excluding carboxylic acids is 4. The van der Waals surface area contributed by atoms with Crippen LogP contribution in [0.4, 0.5) is 18.3 Å². The minimum atomic E-state index is -4.36. The van der Waals surface area contributed by atoms with Gasteiger partial charge in [-0.05, 0) is 84.3 Å². The van der Waals surface area contributed by atoms with Crippen molar-refractivity contribution in [2.75, 3.05) is 32.1 Å². The number of piperidine rings is 1. The summed E-state index contributed by atoms with van der Waals surface area (Å²) < 4.78 is 81.2. The van der Waals surface area contributed by atoms with E-state index < -0.39 is 80.5 Å². The van der Waals surface area contributed by atoms with Crippen molar-refractivity contribution in [3.63, 3.8) is 0 Å². The van der Waals surface area contributed by atoms with Crippen LogP contribution in [0.1, 0.15) is 96.5 Å². The maximum Gasteiger partial charge on any atom is 0.391 e. The largest absolute Gasteiger partial charge is 0.496 e. The molecule has 8 rings (SSSR count). The second-order valence-corrected chi connectivity index (χ2v) is 21.5. The molecule has 3 aromatic rings. The number of halogens is 3. The summed E-state index contributed by atoms with van der Waals surface area (Å²) >= 11 is 1.43. The fourth-order valence-corrected chi connectivity index (χ4v) is 11.7. The summed E-state index contributed by atoms with van der Waals surface area (Å²) in [5.74, 6) is -4.29. The number of hydrogen-bond donors (Lipinski definition) is 3. The van der Waals surface area contributed by atoms with Crippen LogP contribution in [0.3, 0.4) is 0 Å². The molecule has 66 heavy (non-hydrogen) atoms. The Hall–Kier alpha value is -4.98. The van der Waals surface area contributed by atoms with E-state index in [4.69, 9.17) is 19.4 Å². The number of aromatic nitrogens is 2. The number of alkyl halides is 3. The lowest BCUT2D eigenvalue weighted by Gasteiger charge is -2.34. The second kappa shape index (κ2) is 19.0. The number of rotatable bonds is 11. The summed E-state index contributed by atoms with van der Waals surface area (Å²) in [6, 6.07) is 4.34. The van der Waals surface area contributed by atoms with Gasteiger partial charge in [0.25, 0.3) is 5.91 Å². The SMILES string of the molecule is COc1ccc2c(O[C@@H]3C[C@H]4C(=O)N[C@]5(C(=O)NS(=O)(=O)C6CC6)C[C@H]5/C=C\CCCCC[C@H](CC(=O)N5CCC(C(F)(F)F)CC5)C(=O)N4C3)cc(-c3csc(NC(C)C)n3)nc2c1C. The van der Waals surface area contributed by atoms with Gasteiger partial charge in [0.1, 0.15) is 34.9 Å². The number of benzene rings is 1. The standard InChI is InChI=1S/C46H58F3N7O8S2/c1-26(2)50-44-52-35(25-65-44)34-22-38(33-14-15-37(63-4)27(3)40(33)51-34)64-31-21-36-41(58)53-45(43(60)54-66(61,62)32-12-13-32)23-30(45)11-9-7-5-6-8-10-28(42(59)56(36)24-31)20-39(57)55-18-16-29(17-19-55)46(47,48)49/h9,11,14-15,22,25-26,28-32,36H,5-8,10,12-13,16-21,23-24H2,1-4H3,(H,50,52)(H,53,58)(H,54,60)/b11-9-/t28-,30-,31-,36+,45-/m1/s1. The number of carbonyl (C=O) groups is 4. The summed E-state index contributed by atoms with van der Waals surface area (Å²) in [7, 11) is -2.40. The lowest BCUT2D eigenvalue weighted by molar-refractivity contribution is -0.186. The van der Waals surface area contributed by atoms with Crippen LogP contribution in [-0.2, 0) is 29.2 Å². The van der Waals surface area contributed by atoms with Gasteiger partial charge in [-0.1, -0.05) is 25.0 Å². The minimum Gasteiger partial charge on any atom is -0.496 e. The highest BCUT2D eigenvalue weighted by molar-refractivity contribution is 7.91. The van der Waals surface area contributed by atoms with Gasteiger partial charge >= 0.3 is 6.18 Å². The van der Waals surface area contributed by atoms with Crippen molar-refractivity contribution >= 4 is 61.0 Å². The third-order valence-corrected chi connectivity index (χ3v) is 16.1. The Morgan fingerprint density at radius 3 is 2.48 bits per heavy atom. The fraction of sp³-hybridized carbons (Fsp3) is 0.609. The van der Waals surface area contributed by atoms with Gasteiger partial charge in [-0.2, -0.15) is 13.2 Å². The first-order chi connectivity index (χ1) is 31.4. The second-order valence-electron chi connectivity index (χ2n) is 18.7. The van der Waals surface area contributed by atoms with Crippen LogP contribution < -0.4 is 24.8 Å². The van der Waals surface area contributed by atoms with Crippen LogP contribution >= 0.6 is 11.3 Å². The van der Waals surface area contributed by atoms with Crippen LogP contribution in [0.2, 0.25) is 0 Å². The molecule has 358 valence electrons. The zero-order chi connectivity index (χ0) is 47.1. The van der Waals surface area contributed by atoms with Gasteiger partial charge in [-0.15, -0.1) is 11.3 Å². The lowest BCUT2D eigenvalue weighted by Crippen LogP contribution is -2.57. The number of fused-ring (bicyclic) bond motifs is 3. The molecule has 2 aromatic heterocycles. The number of ether oxygens (including phenoxy) is 2. The van der Waals surface area contributed by atoms with Crippen molar-refractivity contribution in [1.82, 2.24) is 29.8 Å². The molecule has 3 aliphatic heterocycles. The molecule has 20 heteroatoms. The number of allylic oxidation sites excluding steroid dienone is 1. The predicted octanol–water partition coefficient (Wildman–Crippen LogP) is 6.65. The number of thiazole rings is 1. The van der Waals surface area contributed by atoms with Crippen LogP contribution in [0.25, 0.3) is 22.3 Å². The topological polar surface area (TPSA) is 189 Å². The monoisotopic (exact) mass is 957 g/mol. The maximum absolute atomic E-state index is 15.0. The third-order valence-electron chi connectivity index (χ3n) is 13.5. The molecule has 4 amide bonds. The Kier molecular flexibility index (Phi) is 13.6. The molecule has 0 spiro atoms. The zero-order valence-corrected chi connectivity index (χ0v) is 39.3. The number of amides is 4. The Morgan fingerprint density at radius 2 is 1.79 bits per heavy atom. The fourth-order valence-electron chi connectivity index (χ4n) is 9.49. The molecule has 2 saturated heterocycles. The first kappa shape index (κ1) is 47.5. The highest BCUT2D eigenvalue weighted by atomic mass is 32.2. The molecule has 2 saturated carbocycles. The number of sulfonamides is 1. The summed E-state index contributed by atoms with van der Waals surface area (Å²) in [5, 5.41) is 8.77. The number of hydrogen-bond acceptors (Lipinski definition) is 12. The molecular formula is C46H58F3N7O8S2. The van der Waals surface area contributed by atoms with Crippen molar-refractivity contribution in [3.05, 3.63) is 41.3 Å². The van der Waals surface area contributed by atoms with Gasteiger partial charge < -0.3 is 29.9 Å². The average molecular weight is 958 g/mol. The van der Waals surface area contributed by atoms with E-state index in [2.05, 4.69) is 15.4 Å². The number of methoxy groups -OCH3 is 1. The van der Waals surface area contributed by atoms with Crippen molar-refractivity contribution in [2.24, 2.45) is 17.8 Å². The van der Waals surface area contributed by atoms with Crippen molar-refractivity contribution in [2.45, 2.75) is 133 Å². The molecule has 1 aromatic carbocycles. The molecule has 0 bridgehead atoms. The Balaban J connectivity index is 1.12. The van der Waals surface area contributed by atoms with E-state index in [0.29, 0.717) is 77.4 Å². The van der Waals surface area contributed by atoms with E-state index in [9.17, 15) is 40.8 Å². The van der Waals surface area contributed by atoms with E-state index in [-0.39, 0.29) is 57.8 Å². The molecule has 15 nitrogen and oxygen atoms in total. The Morgan fingerprint density at radius 1 is 1.03 bits per heavy atom. The zero-order valence-electron chi connectivity index (χ0n) is 37.6. The minimum absolute atomic E-state index is 0.0186. The number of nitrogens with zero attached hydrogens (tertiary/aromatic N) is 4. The normalized spacial score (nSPS) is 26.2. The van der Waals surface area contributed by atoms with Crippen LogP contribution in [0.15, 0.2) is 35.7 Å². The van der Waals surface area contributed by atoms with Gasteiger partial charge in [-0.3, -0.25) is 23.9 Å². The maximum atomic E-state index is 15.0. The molecule has 5 aliphatic rings. The van der Waals surface area contributed by atoms with Gasteiger partial charge in [0.15, 0.2) is 5.13 Å². The molecule has 4 fully saturated rings. The van der Waals surface area contributed by atoms with Crippen LogP contribution in [-0.4, -0.2) is 114 Å². The number of pyridine rings is 1. The summed E-state index contributed by atoms with van der Waals surface area (Å²) in [4.78, 5) is 70.1. The molecule has 3 N–H and O–H groups in total. The average Bonchev–Trinajstić information content (AvgIpc) is 4.16. The van der Waals surface area contributed by atoms with Crippen molar-refractivity contribution in [1.29, 1.82) is 0 Å². The summed E-state index contributed by atoms with van der Waals surface area (Å²) in [6.07, 6.45) is 1.88. The first-order valence-corrected chi connectivity index (χ1v) is 25.4. The molecular weight excluding hydrogens is 900 g/mol. The smallest absolute Gasteiger partial charge is 0.391 e. The predicted molar refractivity (Wildman–Crippen MR) is 242 cm³/mol. The van der Waals surface area contributed by atoms with Crippen LogP contribution in [0, 0.1) is 24.7 Å². The van der Waals surface area contributed by atoms with Gasteiger partial charge in [0.2, 0.25) is 27.7 Å². The van der Waals surface area contributed by atoms with Gasteiger partial charge in [0.05, 0.1) is 36.0 Å². The van der Waals surface area contributed by atoms with Gasteiger partial charge in [0, 0.05) is 66.2 Å². The van der Waals surface area contributed by atoms with E-state index in [1.165, 1.54) is 21.1 Å². The first-order valence-electron chi connectivity index (χ1n) is 22.9. The lowest BCUT2D eigenvalue weighted by atomic mass is 9.92. The van der Waals surface area contributed by atoms with Crippen molar-refractivity contribution in [3.8, 4) is 22.9 Å².